The minimum Gasteiger partial charge on any atom is -0.493 e. The number of hydrogen-bond acceptors (Lipinski definition) is 4. The van der Waals surface area contributed by atoms with Crippen molar-refractivity contribution in [2.24, 2.45) is 4.99 Å². The second-order valence-corrected chi connectivity index (χ2v) is 5.78. The molecule has 0 amide bonds. The summed E-state index contributed by atoms with van der Waals surface area (Å²) in [6.07, 6.45) is -0.100. The molecule has 28 heavy (non-hydrogen) atoms. The summed E-state index contributed by atoms with van der Waals surface area (Å²) in [7, 11) is 3.33. The maximum Gasteiger partial charge on any atom is 0.195 e. The van der Waals surface area contributed by atoms with Crippen molar-refractivity contribution in [1.82, 2.24) is 5.32 Å². The molecule has 2 aromatic rings. The lowest BCUT2D eigenvalue weighted by atomic mass is 10.1. The zero-order valence-electron chi connectivity index (χ0n) is 16.9. The number of nitrogens with one attached hydrogen (secondary N) is 2. The summed E-state index contributed by atoms with van der Waals surface area (Å²) >= 11 is 0. The van der Waals surface area contributed by atoms with Gasteiger partial charge in [-0.15, -0.1) is 24.0 Å². The smallest absolute Gasteiger partial charge is 0.195 e. The van der Waals surface area contributed by atoms with Crippen LogP contribution in [0.25, 0.3) is 0 Å². The molecule has 0 radical (unpaired) electrons. The first-order valence-corrected chi connectivity index (χ1v) is 9.15. The summed E-state index contributed by atoms with van der Waals surface area (Å²) in [5, 5.41) is 6.55. The molecule has 0 heterocycles. The largest absolute Gasteiger partial charge is 0.493 e. The summed E-state index contributed by atoms with van der Waals surface area (Å²) < 4.78 is 16.6. The van der Waals surface area contributed by atoms with Gasteiger partial charge in [0.05, 0.1) is 20.3 Å². The molecule has 7 heteroatoms. The Bertz CT molecular complexity index is 726. The Kier molecular flexibility index (Phi) is 11.4. The quantitative estimate of drug-likeness (QED) is 0.303. The van der Waals surface area contributed by atoms with Gasteiger partial charge in [-0.25, -0.2) is 4.99 Å². The molecule has 0 fully saturated rings. The number of benzene rings is 2. The molecule has 1 unspecified atom stereocenters. The fourth-order valence-electron chi connectivity index (χ4n) is 2.62. The Balaban J connectivity index is 0.00000392. The number of aliphatic imine (C=N–C) groups is 1. The lowest BCUT2D eigenvalue weighted by Crippen LogP contribution is -2.31. The van der Waals surface area contributed by atoms with Crippen molar-refractivity contribution in [3.8, 4) is 11.5 Å². The molecule has 2 aromatic carbocycles. The molecule has 0 aliphatic heterocycles. The fraction of sp³-hybridized carbons (Fsp3) is 0.381. The highest BCUT2D eigenvalue weighted by Crippen LogP contribution is 2.30. The van der Waals surface area contributed by atoms with Crippen LogP contribution in [0, 0.1) is 0 Å². The third-order valence-electron chi connectivity index (χ3n) is 3.94. The number of nitrogens with zero attached hydrogens (tertiary/aromatic N) is 1. The summed E-state index contributed by atoms with van der Waals surface area (Å²) in [4.78, 5) is 4.67. The van der Waals surface area contributed by atoms with E-state index in [2.05, 4.69) is 15.6 Å². The molecule has 0 saturated heterocycles. The van der Waals surface area contributed by atoms with Gasteiger partial charge in [0, 0.05) is 25.4 Å². The van der Waals surface area contributed by atoms with E-state index in [4.69, 9.17) is 14.2 Å². The van der Waals surface area contributed by atoms with Crippen molar-refractivity contribution in [3.05, 3.63) is 54.1 Å². The zero-order chi connectivity index (χ0) is 19.5. The van der Waals surface area contributed by atoms with E-state index < -0.39 is 0 Å². The van der Waals surface area contributed by atoms with E-state index in [-0.39, 0.29) is 30.1 Å². The number of halogens is 1. The molecule has 2 rings (SSSR count). The van der Waals surface area contributed by atoms with Crippen LogP contribution in [0.4, 0.5) is 5.69 Å². The van der Waals surface area contributed by atoms with E-state index in [0.29, 0.717) is 24.9 Å². The number of ether oxygens (including phenoxy) is 3. The summed E-state index contributed by atoms with van der Waals surface area (Å²) in [6, 6.07) is 15.8. The molecule has 0 spiro atoms. The Morgan fingerprint density at radius 1 is 1.04 bits per heavy atom. The Labute approximate surface area is 184 Å². The maximum atomic E-state index is 5.60. The van der Waals surface area contributed by atoms with Gasteiger partial charge in [-0.05, 0) is 31.5 Å². The highest BCUT2D eigenvalue weighted by atomic mass is 127. The van der Waals surface area contributed by atoms with Gasteiger partial charge in [0.15, 0.2) is 17.5 Å². The highest BCUT2D eigenvalue weighted by Gasteiger charge is 2.11. The van der Waals surface area contributed by atoms with Crippen molar-refractivity contribution in [2.45, 2.75) is 20.0 Å². The summed E-state index contributed by atoms with van der Waals surface area (Å²) in [5.74, 6) is 2.08. The first-order valence-electron chi connectivity index (χ1n) is 9.15. The third kappa shape index (κ3) is 7.20. The average Bonchev–Trinajstić information content (AvgIpc) is 2.70. The normalized spacial score (nSPS) is 11.9. The summed E-state index contributed by atoms with van der Waals surface area (Å²) in [6.45, 7) is 5.82. The average molecular weight is 499 g/mol. The first-order chi connectivity index (χ1) is 13.2. The topological polar surface area (TPSA) is 64.1 Å². The molecular formula is C21H30IN3O3. The van der Waals surface area contributed by atoms with Gasteiger partial charge >= 0.3 is 0 Å². The van der Waals surface area contributed by atoms with Gasteiger partial charge in [0.25, 0.3) is 0 Å². The van der Waals surface area contributed by atoms with Crippen molar-refractivity contribution >= 4 is 35.6 Å². The predicted molar refractivity (Wildman–Crippen MR) is 125 cm³/mol. The van der Waals surface area contributed by atoms with Crippen LogP contribution < -0.4 is 20.1 Å². The van der Waals surface area contributed by atoms with Crippen molar-refractivity contribution < 1.29 is 14.2 Å². The standard InChI is InChI=1S/C21H29N3O3.HI/c1-5-22-21(23-15-20(26-4)16-10-8-7-9-11-16)24-17-12-13-18(27-6-2)19(14-17)25-3;/h7-14,20H,5-6,15H2,1-4H3,(H2,22,23,24);1H. The van der Waals surface area contributed by atoms with E-state index in [0.717, 1.165) is 23.5 Å². The highest BCUT2D eigenvalue weighted by molar-refractivity contribution is 14.0. The molecule has 154 valence electrons. The molecule has 0 aromatic heterocycles. The van der Waals surface area contributed by atoms with Crippen LogP contribution in [0.2, 0.25) is 0 Å². The van der Waals surface area contributed by atoms with Gasteiger partial charge in [-0.1, -0.05) is 30.3 Å². The van der Waals surface area contributed by atoms with Gasteiger partial charge in [0.1, 0.15) is 6.10 Å². The van der Waals surface area contributed by atoms with E-state index >= 15 is 0 Å². The van der Waals surface area contributed by atoms with Crippen molar-refractivity contribution in [1.29, 1.82) is 0 Å². The molecule has 2 N–H and O–H groups in total. The van der Waals surface area contributed by atoms with Crippen LogP contribution in [0.3, 0.4) is 0 Å². The van der Waals surface area contributed by atoms with Crippen LogP contribution in [0.1, 0.15) is 25.5 Å². The van der Waals surface area contributed by atoms with E-state index in [1.165, 1.54) is 0 Å². The van der Waals surface area contributed by atoms with Crippen molar-refractivity contribution in [2.75, 3.05) is 39.2 Å². The number of guanidine groups is 1. The zero-order valence-corrected chi connectivity index (χ0v) is 19.2. The lowest BCUT2D eigenvalue weighted by molar-refractivity contribution is 0.111. The minimum absolute atomic E-state index is 0. The van der Waals surface area contributed by atoms with Crippen LogP contribution in [-0.4, -0.2) is 39.9 Å². The maximum absolute atomic E-state index is 5.60. The first kappa shape index (κ1) is 24.0. The monoisotopic (exact) mass is 499 g/mol. The SMILES string of the molecule is CCNC(=NCC(OC)c1ccccc1)Nc1ccc(OCC)c(OC)c1.I. The molecule has 1 atom stereocenters. The van der Waals surface area contributed by atoms with E-state index in [1.54, 1.807) is 14.2 Å². The number of hydrogen-bond donors (Lipinski definition) is 2. The summed E-state index contributed by atoms with van der Waals surface area (Å²) in [5.41, 5.74) is 1.96. The van der Waals surface area contributed by atoms with Crippen LogP contribution in [0.5, 0.6) is 11.5 Å². The lowest BCUT2D eigenvalue weighted by Gasteiger charge is -2.17. The number of methoxy groups -OCH3 is 2. The minimum atomic E-state index is -0.100. The van der Waals surface area contributed by atoms with Crippen LogP contribution in [-0.2, 0) is 4.74 Å². The van der Waals surface area contributed by atoms with Crippen LogP contribution in [0.15, 0.2) is 53.5 Å². The molecule has 0 aliphatic carbocycles. The Hall–Kier alpha value is -2.00. The number of rotatable bonds is 9. The van der Waals surface area contributed by atoms with Gasteiger partial charge in [-0.2, -0.15) is 0 Å². The molecular weight excluding hydrogens is 469 g/mol. The van der Waals surface area contributed by atoms with E-state index in [1.807, 2.05) is 62.4 Å². The van der Waals surface area contributed by atoms with Gasteiger partial charge in [-0.3, -0.25) is 0 Å². The second kappa shape index (κ2) is 13.2. The molecule has 6 nitrogen and oxygen atoms in total. The molecule has 0 bridgehead atoms. The van der Waals surface area contributed by atoms with Crippen molar-refractivity contribution in [3.63, 3.8) is 0 Å². The van der Waals surface area contributed by atoms with Gasteiger partial charge in [0.2, 0.25) is 0 Å². The van der Waals surface area contributed by atoms with E-state index in [9.17, 15) is 0 Å². The fourth-order valence-corrected chi connectivity index (χ4v) is 2.62. The number of anilines is 1. The Morgan fingerprint density at radius 3 is 2.39 bits per heavy atom. The van der Waals surface area contributed by atoms with Crippen LogP contribution >= 0.6 is 24.0 Å². The third-order valence-corrected chi connectivity index (χ3v) is 3.94. The second-order valence-electron chi connectivity index (χ2n) is 5.78. The molecule has 0 aliphatic rings. The Morgan fingerprint density at radius 2 is 1.79 bits per heavy atom. The predicted octanol–water partition coefficient (Wildman–Crippen LogP) is 4.48. The van der Waals surface area contributed by atoms with Gasteiger partial charge < -0.3 is 24.8 Å². The molecule has 0 saturated carbocycles.